The Morgan fingerprint density at radius 3 is 2.24 bits per heavy atom. The molecule has 45 heavy (non-hydrogen) atoms. The second-order valence-electron chi connectivity index (χ2n) is 11.6. The number of nitrogens with zero attached hydrogens (tertiary/aromatic N) is 1. The molecule has 0 bridgehead atoms. The molecule has 0 unspecified atom stereocenters. The first kappa shape index (κ1) is 28.4. The number of aromatic carboxylic acids is 1. The van der Waals surface area contributed by atoms with Crippen LogP contribution in [0, 0.1) is 0 Å². The minimum atomic E-state index is -4.50. The molecule has 1 heterocycles. The van der Waals surface area contributed by atoms with Crippen LogP contribution in [0.3, 0.4) is 0 Å². The van der Waals surface area contributed by atoms with Gasteiger partial charge in [-0.2, -0.15) is 13.2 Å². The lowest BCUT2D eigenvalue weighted by Gasteiger charge is -2.20. The normalized spacial score (nSPS) is 14.0. The maximum Gasteiger partial charge on any atom is 0.416 e. The Morgan fingerprint density at radius 1 is 0.778 bits per heavy atom. The molecule has 1 aliphatic rings. The van der Waals surface area contributed by atoms with Gasteiger partial charge in [-0.05, 0) is 94.4 Å². The van der Waals surface area contributed by atoms with E-state index in [1.807, 2.05) is 53.2 Å². The zero-order valence-corrected chi connectivity index (χ0v) is 23.9. The molecule has 0 spiro atoms. The lowest BCUT2D eigenvalue weighted by molar-refractivity contribution is -0.137. The summed E-state index contributed by atoms with van der Waals surface area (Å²) in [6.07, 6.45) is -1.25. The topological polar surface area (TPSA) is 71.3 Å². The van der Waals surface area contributed by atoms with Gasteiger partial charge in [-0.1, -0.05) is 60.7 Å². The molecule has 6 aromatic rings. The third kappa shape index (κ3) is 5.44. The zero-order chi connectivity index (χ0) is 31.3. The Labute approximate surface area is 256 Å². The molecule has 0 radical (unpaired) electrons. The molecule has 5 nitrogen and oxygen atoms in total. The highest BCUT2D eigenvalue weighted by atomic mass is 19.4. The first-order valence-corrected chi connectivity index (χ1v) is 14.5. The Balaban J connectivity index is 1.31. The summed E-state index contributed by atoms with van der Waals surface area (Å²) in [6.45, 7) is 0.485. The summed E-state index contributed by atoms with van der Waals surface area (Å²) in [7, 11) is 0. The Hall–Kier alpha value is -5.37. The molecule has 1 aromatic heterocycles. The summed E-state index contributed by atoms with van der Waals surface area (Å²) in [5.41, 5.74) is 2.46. The highest BCUT2D eigenvalue weighted by Crippen LogP contribution is 2.46. The number of halogens is 3. The minimum Gasteiger partial charge on any atom is -0.478 e. The van der Waals surface area contributed by atoms with Crippen LogP contribution in [0.2, 0.25) is 0 Å². The predicted octanol–water partition coefficient (Wildman–Crippen LogP) is 8.65. The smallest absolute Gasteiger partial charge is 0.416 e. The van der Waals surface area contributed by atoms with Gasteiger partial charge in [0.25, 0.3) is 5.91 Å². The van der Waals surface area contributed by atoms with Gasteiger partial charge < -0.3 is 15.0 Å². The number of carboxylic acids is 1. The number of hydrogen-bond acceptors (Lipinski definition) is 2. The summed E-state index contributed by atoms with van der Waals surface area (Å²) in [5, 5.41) is 15.4. The summed E-state index contributed by atoms with van der Waals surface area (Å²) in [6, 6.07) is 31.2. The van der Waals surface area contributed by atoms with E-state index in [4.69, 9.17) is 0 Å². The number of hydrogen-bond donors (Lipinski definition) is 2. The predicted molar refractivity (Wildman–Crippen MR) is 167 cm³/mol. The summed E-state index contributed by atoms with van der Waals surface area (Å²) in [5.74, 6) is -1.39. The van der Waals surface area contributed by atoms with Crippen molar-refractivity contribution >= 4 is 33.6 Å². The molecule has 8 heteroatoms. The van der Waals surface area contributed by atoms with Crippen molar-refractivity contribution in [3.63, 3.8) is 0 Å². The molecule has 5 aromatic carbocycles. The van der Waals surface area contributed by atoms with Gasteiger partial charge >= 0.3 is 12.1 Å². The van der Waals surface area contributed by atoms with Crippen molar-refractivity contribution in [1.82, 2.24) is 9.88 Å². The Kier molecular flexibility index (Phi) is 6.73. The van der Waals surface area contributed by atoms with Crippen LogP contribution in [0.1, 0.15) is 50.2 Å². The van der Waals surface area contributed by atoms with Crippen LogP contribution < -0.4 is 5.32 Å². The molecule has 224 valence electrons. The maximum atomic E-state index is 14.2. The van der Waals surface area contributed by atoms with Crippen molar-refractivity contribution < 1.29 is 27.9 Å². The molecule has 1 fully saturated rings. The SMILES string of the molecule is O=C(O)c1ccc(C2(NC(=O)c3cc(-c4cccc(C(F)(F)F)c4)cc4ccn(Cc5ccc6ccccc6c5)c34)CC2)cc1. The third-order valence-electron chi connectivity index (χ3n) is 8.58. The van der Waals surface area contributed by atoms with E-state index in [0.717, 1.165) is 39.4 Å². The Bertz CT molecular complexity index is 2110. The highest BCUT2D eigenvalue weighted by molar-refractivity contribution is 6.08. The number of carboxylic acid groups (broad SMARTS) is 1. The van der Waals surface area contributed by atoms with Gasteiger partial charge in [0, 0.05) is 18.1 Å². The molecular formula is C37H27F3N2O3. The van der Waals surface area contributed by atoms with Crippen LogP contribution in [0.5, 0.6) is 0 Å². The number of nitrogens with one attached hydrogen (secondary N) is 1. The molecule has 1 amide bonds. The van der Waals surface area contributed by atoms with E-state index in [0.29, 0.717) is 41.6 Å². The summed E-state index contributed by atoms with van der Waals surface area (Å²) < 4.78 is 42.7. The van der Waals surface area contributed by atoms with E-state index in [1.54, 1.807) is 24.3 Å². The van der Waals surface area contributed by atoms with Crippen molar-refractivity contribution in [1.29, 1.82) is 0 Å². The van der Waals surface area contributed by atoms with E-state index in [2.05, 4.69) is 17.4 Å². The number of benzene rings is 5. The molecule has 0 aliphatic heterocycles. The van der Waals surface area contributed by atoms with Crippen LogP contribution in [0.25, 0.3) is 32.8 Å². The van der Waals surface area contributed by atoms with E-state index in [-0.39, 0.29) is 11.5 Å². The number of fused-ring (bicyclic) bond motifs is 2. The van der Waals surface area contributed by atoms with Gasteiger partial charge in [0.1, 0.15) is 0 Å². The fraction of sp³-hybridized carbons (Fsp3) is 0.135. The maximum absolute atomic E-state index is 14.2. The number of rotatable bonds is 7. The van der Waals surface area contributed by atoms with Gasteiger partial charge in [0.2, 0.25) is 0 Å². The minimum absolute atomic E-state index is 0.155. The first-order valence-electron chi connectivity index (χ1n) is 14.5. The van der Waals surface area contributed by atoms with Crippen molar-refractivity contribution in [2.24, 2.45) is 0 Å². The first-order chi connectivity index (χ1) is 21.6. The fourth-order valence-corrected chi connectivity index (χ4v) is 6.06. The van der Waals surface area contributed by atoms with Crippen molar-refractivity contribution in [2.75, 3.05) is 0 Å². The molecule has 2 N–H and O–H groups in total. The van der Waals surface area contributed by atoms with Crippen LogP contribution >= 0.6 is 0 Å². The molecule has 1 aliphatic carbocycles. The third-order valence-corrected chi connectivity index (χ3v) is 8.58. The van der Waals surface area contributed by atoms with Gasteiger partial charge in [-0.3, -0.25) is 4.79 Å². The van der Waals surface area contributed by atoms with Gasteiger partial charge in [0.05, 0.1) is 27.7 Å². The van der Waals surface area contributed by atoms with Gasteiger partial charge in [0.15, 0.2) is 0 Å². The van der Waals surface area contributed by atoms with Crippen molar-refractivity contribution in [3.8, 4) is 11.1 Å². The molecule has 0 saturated heterocycles. The van der Waals surface area contributed by atoms with Crippen LogP contribution in [0.4, 0.5) is 13.2 Å². The van der Waals surface area contributed by atoms with Crippen molar-refractivity contribution in [2.45, 2.75) is 31.1 Å². The zero-order valence-electron chi connectivity index (χ0n) is 23.9. The average Bonchev–Trinajstić information content (AvgIpc) is 3.71. The summed E-state index contributed by atoms with van der Waals surface area (Å²) >= 11 is 0. The van der Waals surface area contributed by atoms with E-state index in [1.165, 1.54) is 18.2 Å². The summed E-state index contributed by atoms with van der Waals surface area (Å²) in [4.78, 5) is 25.5. The Morgan fingerprint density at radius 2 is 1.53 bits per heavy atom. The standard InChI is InChI=1S/C37H27F3N2O3/c38-37(39,40)31-7-3-6-27(20-31)29-19-28-14-17-42(22-23-8-9-24-4-1-2-5-26(24)18-23)33(28)32(21-29)34(43)41-36(15-16-36)30-12-10-25(11-13-30)35(44)45/h1-14,17-21H,15-16,22H2,(H,41,43)(H,44,45). The number of alkyl halides is 3. The number of carbonyl (C=O) groups is 2. The van der Waals surface area contributed by atoms with E-state index in [9.17, 15) is 27.9 Å². The van der Waals surface area contributed by atoms with Crippen LogP contribution in [-0.4, -0.2) is 21.6 Å². The highest BCUT2D eigenvalue weighted by Gasteiger charge is 2.46. The molecule has 1 saturated carbocycles. The quantitative estimate of drug-likeness (QED) is 0.192. The average molecular weight is 605 g/mol. The second-order valence-corrected chi connectivity index (χ2v) is 11.6. The fourth-order valence-electron chi connectivity index (χ4n) is 6.06. The number of amides is 1. The lowest BCUT2D eigenvalue weighted by atomic mass is 9.97. The molecule has 7 rings (SSSR count). The van der Waals surface area contributed by atoms with Crippen LogP contribution in [-0.2, 0) is 18.3 Å². The van der Waals surface area contributed by atoms with Crippen LogP contribution in [0.15, 0.2) is 115 Å². The monoisotopic (exact) mass is 604 g/mol. The number of aromatic nitrogens is 1. The van der Waals surface area contributed by atoms with E-state index >= 15 is 0 Å². The molecule has 0 atom stereocenters. The van der Waals surface area contributed by atoms with Gasteiger partial charge in [-0.25, -0.2) is 4.79 Å². The molecular weight excluding hydrogens is 577 g/mol. The van der Waals surface area contributed by atoms with E-state index < -0.39 is 23.2 Å². The lowest BCUT2D eigenvalue weighted by Crippen LogP contribution is -2.35. The second kappa shape index (κ2) is 10.7. The van der Waals surface area contributed by atoms with Crippen molar-refractivity contribution in [3.05, 3.63) is 143 Å². The van der Waals surface area contributed by atoms with Gasteiger partial charge in [-0.15, -0.1) is 0 Å². The largest absolute Gasteiger partial charge is 0.478 e. The number of carbonyl (C=O) groups excluding carboxylic acids is 1.